The van der Waals surface area contributed by atoms with Gasteiger partial charge in [-0.25, -0.2) is 14.4 Å². The van der Waals surface area contributed by atoms with Gasteiger partial charge in [0.2, 0.25) is 11.8 Å². The Balaban J connectivity index is 1.52. The van der Waals surface area contributed by atoms with E-state index in [-0.39, 0.29) is 122 Å². The van der Waals surface area contributed by atoms with Gasteiger partial charge in [0, 0.05) is 95.3 Å². The van der Waals surface area contributed by atoms with Crippen LogP contribution in [0.1, 0.15) is 85.8 Å². The number of nitrogens with one attached hydrogen (secondary N) is 6. The second-order valence-electron chi connectivity index (χ2n) is 18.5. The lowest BCUT2D eigenvalue weighted by Gasteiger charge is -2.31. The zero-order chi connectivity index (χ0) is 59.0. The standard InChI is InChI=1S/C52H72N10O18/c63-42(17-16-41(51(78)79)61(26-23-54-31-46(69)70)28-27-60(33-47(71)72)25-22-53-30-45(67)68)57-29-34-11-13-36(14-12-34)48(73)56-20-5-3-10-43(64)62(32-40-37-8-2-1-7-35(37)19-21-55-40)24-6-4-9-38(49(74)75)58-52(80)59-39(50(76)77)15-18-44(65)66/h1-2,7-8,11-14,19,21,38-39,41,53-54H,3-6,9-10,15-18,20,22-33H2,(H,56,73)(H,57,63)(H,65,66)(H,67,68)(H,69,70)(H,71,72)(H,74,75)(H,76,77)(H,78,79)(H2,58,59,80)/t38-,39-,41?/m1/s1. The highest BCUT2D eigenvalue weighted by molar-refractivity contribution is 5.94. The van der Waals surface area contributed by atoms with Crippen LogP contribution in [0.3, 0.4) is 0 Å². The van der Waals surface area contributed by atoms with Crippen molar-refractivity contribution in [3.05, 3.63) is 77.6 Å². The molecule has 0 aliphatic carbocycles. The Morgan fingerprint density at radius 3 is 1.82 bits per heavy atom. The maximum Gasteiger partial charge on any atom is 0.326 e. The van der Waals surface area contributed by atoms with Crippen LogP contribution in [0.2, 0.25) is 0 Å². The summed E-state index contributed by atoms with van der Waals surface area (Å²) in [4.78, 5) is 142. The molecule has 1 heterocycles. The summed E-state index contributed by atoms with van der Waals surface area (Å²) in [6.45, 7) is -0.0118. The molecule has 2 aromatic carbocycles. The summed E-state index contributed by atoms with van der Waals surface area (Å²) in [6.07, 6.45) is 1.78. The molecular formula is C52H72N10O18. The largest absolute Gasteiger partial charge is 0.481 e. The number of carboxylic acid groups (broad SMARTS) is 7. The molecular weight excluding hydrogens is 1050 g/mol. The molecule has 0 saturated heterocycles. The molecule has 0 aliphatic heterocycles. The molecule has 28 nitrogen and oxygen atoms in total. The molecule has 1 unspecified atom stereocenters. The number of unbranched alkanes of at least 4 members (excludes halogenated alkanes) is 2. The number of fused-ring (bicyclic) bond motifs is 1. The summed E-state index contributed by atoms with van der Waals surface area (Å²) >= 11 is 0. The number of aliphatic carboxylic acids is 7. The van der Waals surface area contributed by atoms with Gasteiger partial charge in [-0.15, -0.1) is 0 Å². The van der Waals surface area contributed by atoms with Crippen molar-refractivity contribution in [1.82, 2.24) is 51.6 Å². The van der Waals surface area contributed by atoms with Gasteiger partial charge in [-0.3, -0.25) is 53.1 Å². The molecule has 3 atom stereocenters. The molecule has 0 aliphatic rings. The zero-order valence-corrected chi connectivity index (χ0v) is 44.2. The Labute approximate surface area is 460 Å². The number of carboxylic acids is 7. The second kappa shape index (κ2) is 36.0. The first-order chi connectivity index (χ1) is 38.1. The van der Waals surface area contributed by atoms with Crippen molar-refractivity contribution in [2.45, 2.75) is 95.4 Å². The van der Waals surface area contributed by atoms with Gasteiger partial charge in [0.25, 0.3) is 5.91 Å². The highest BCUT2D eigenvalue weighted by Crippen LogP contribution is 2.20. The predicted octanol–water partition coefficient (Wildman–Crippen LogP) is 0.291. The number of carbonyl (C=O) groups is 11. The summed E-state index contributed by atoms with van der Waals surface area (Å²) in [5.41, 5.74) is 1.60. The molecule has 438 valence electrons. The van der Waals surface area contributed by atoms with E-state index in [4.69, 9.17) is 15.3 Å². The van der Waals surface area contributed by atoms with E-state index in [1.807, 2.05) is 30.3 Å². The fourth-order valence-electron chi connectivity index (χ4n) is 8.23. The van der Waals surface area contributed by atoms with Crippen LogP contribution in [0.5, 0.6) is 0 Å². The van der Waals surface area contributed by atoms with Gasteiger partial charge in [0.05, 0.1) is 31.9 Å². The van der Waals surface area contributed by atoms with Crippen molar-refractivity contribution in [3.63, 3.8) is 0 Å². The number of rotatable bonds is 42. The SMILES string of the molecule is O=C(O)CC[C@@H](NC(=O)N[C@H](CCCCN(Cc1nccc2ccccc12)C(=O)CCCCNC(=O)c1ccc(CNC(=O)CCC(C(=O)O)N(CCNCC(=O)O)CCN(CCNCC(=O)O)CC(=O)O)cc1)C(=O)O)C(=O)O. The van der Waals surface area contributed by atoms with Gasteiger partial charge in [0.1, 0.15) is 18.1 Å². The Morgan fingerprint density at radius 1 is 0.550 bits per heavy atom. The number of benzene rings is 2. The lowest BCUT2D eigenvalue weighted by molar-refractivity contribution is -0.145. The van der Waals surface area contributed by atoms with E-state index < -0.39 is 91.2 Å². The van der Waals surface area contributed by atoms with Gasteiger partial charge in [-0.1, -0.05) is 36.4 Å². The number of pyridine rings is 1. The van der Waals surface area contributed by atoms with Crippen molar-refractivity contribution in [2.75, 3.05) is 72.0 Å². The number of nitrogens with zero attached hydrogens (tertiary/aromatic N) is 4. The molecule has 3 aromatic rings. The molecule has 28 heteroatoms. The average Bonchev–Trinajstić information content (AvgIpc) is 3.40. The number of carbonyl (C=O) groups excluding carboxylic acids is 4. The number of hydrogen-bond acceptors (Lipinski definition) is 16. The lowest BCUT2D eigenvalue weighted by Crippen LogP contribution is -2.51. The van der Waals surface area contributed by atoms with Crippen LogP contribution in [0, 0.1) is 0 Å². The van der Waals surface area contributed by atoms with E-state index in [2.05, 4.69) is 36.9 Å². The van der Waals surface area contributed by atoms with E-state index in [9.17, 15) is 73.2 Å². The predicted molar refractivity (Wildman–Crippen MR) is 284 cm³/mol. The molecule has 1 aromatic heterocycles. The highest BCUT2D eigenvalue weighted by atomic mass is 16.4. The summed E-state index contributed by atoms with van der Waals surface area (Å²) in [5, 5.41) is 82.5. The van der Waals surface area contributed by atoms with Crippen LogP contribution < -0.4 is 31.9 Å². The Kier molecular flexibility index (Phi) is 29.6. The summed E-state index contributed by atoms with van der Waals surface area (Å²) in [7, 11) is 0. The van der Waals surface area contributed by atoms with Crippen molar-refractivity contribution in [3.8, 4) is 0 Å². The summed E-state index contributed by atoms with van der Waals surface area (Å²) < 4.78 is 0. The minimum Gasteiger partial charge on any atom is -0.481 e. The lowest BCUT2D eigenvalue weighted by atomic mass is 10.1. The van der Waals surface area contributed by atoms with Crippen molar-refractivity contribution in [1.29, 1.82) is 0 Å². The van der Waals surface area contributed by atoms with E-state index >= 15 is 0 Å². The van der Waals surface area contributed by atoms with Crippen LogP contribution in [-0.4, -0.2) is 211 Å². The molecule has 13 N–H and O–H groups in total. The summed E-state index contributed by atoms with van der Waals surface area (Å²) in [6, 6.07) is 10.5. The van der Waals surface area contributed by atoms with Crippen LogP contribution in [0.4, 0.5) is 4.79 Å². The molecule has 0 bridgehead atoms. The second-order valence-corrected chi connectivity index (χ2v) is 18.5. The number of urea groups is 1. The molecule has 80 heavy (non-hydrogen) atoms. The number of amides is 5. The van der Waals surface area contributed by atoms with Gasteiger partial charge in [-0.05, 0) is 74.1 Å². The third kappa shape index (κ3) is 26.3. The Bertz CT molecular complexity index is 2560. The van der Waals surface area contributed by atoms with Gasteiger partial charge >= 0.3 is 47.8 Å². The molecule has 3 rings (SSSR count). The molecule has 0 spiro atoms. The fraction of sp³-hybridized carbons (Fsp3) is 0.500. The molecule has 0 radical (unpaired) electrons. The number of aromatic nitrogens is 1. The van der Waals surface area contributed by atoms with Gasteiger partial charge < -0.3 is 72.5 Å². The third-order valence-corrected chi connectivity index (χ3v) is 12.4. The fourth-order valence-corrected chi connectivity index (χ4v) is 8.23. The van der Waals surface area contributed by atoms with Crippen LogP contribution >= 0.6 is 0 Å². The van der Waals surface area contributed by atoms with Gasteiger partial charge in [-0.2, -0.15) is 0 Å². The van der Waals surface area contributed by atoms with Crippen LogP contribution in [-0.2, 0) is 56.2 Å². The normalized spacial score (nSPS) is 12.2. The Morgan fingerprint density at radius 2 is 1.20 bits per heavy atom. The molecule has 0 fully saturated rings. The van der Waals surface area contributed by atoms with Crippen molar-refractivity contribution in [2.24, 2.45) is 0 Å². The van der Waals surface area contributed by atoms with Crippen molar-refractivity contribution >= 4 is 76.3 Å². The van der Waals surface area contributed by atoms with Crippen molar-refractivity contribution < 1.29 is 88.5 Å². The molecule has 0 saturated carbocycles. The zero-order valence-electron chi connectivity index (χ0n) is 44.2. The minimum absolute atomic E-state index is 0.0291. The maximum absolute atomic E-state index is 13.7. The smallest absolute Gasteiger partial charge is 0.326 e. The quantitative estimate of drug-likeness (QED) is 0.0339. The summed E-state index contributed by atoms with van der Waals surface area (Å²) in [5.74, 6) is -9.84. The van der Waals surface area contributed by atoms with E-state index in [0.29, 0.717) is 36.1 Å². The monoisotopic (exact) mass is 1120 g/mol. The Hall–Kier alpha value is -8.34. The maximum atomic E-state index is 13.7. The third-order valence-electron chi connectivity index (χ3n) is 12.4. The van der Waals surface area contributed by atoms with Crippen LogP contribution in [0.25, 0.3) is 10.8 Å². The highest BCUT2D eigenvalue weighted by Gasteiger charge is 2.28. The molecule has 5 amide bonds. The van der Waals surface area contributed by atoms with E-state index in [0.717, 1.165) is 10.8 Å². The van der Waals surface area contributed by atoms with Gasteiger partial charge in [0.15, 0.2) is 0 Å². The van der Waals surface area contributed by atoms with E-state index in [1.165, 1.54) is 9.80 Å². The minimum atomic E-state index is -1.56. The first-order valence-corrected chi connectivity index (χ1v) is 25.9. The topological polar surface area (TPSA) is 424 Å². The number of hydrogen-bond donors (Lipinski definition) is 13. The first-order valence-electron chi connectivity index (χ1n) is 25.9. The first kappa shape index (κ1) is 65.9. The average molecular weight is 1130 g/mol. The van der Waals surface area contributed by atoms with Crippen LogP contribution in [0.15, 0.2) is 60.8 Å². The van der Waals surface area contributed by atoms with E-state index in [1.54, 1.807) is 35.4 Å².